The predicted molar refractivity (Wildman–Crippen MR) is 104 cm³/mol. The molecule has 2 N–H and O–H groups in total. The molecule has 148 valence electrons. The third kappa shape index (κ3) is 5.48. The molecule has 1 aliphatic heterocycles. The van der Waals surface area contributed by atoms with Crippen molar-refractivity contribution in [1.82, 2.24) is 15.1 Å². The van der Waals surface area contributed by atoms with Gasteiger partial charge in [0.05, 0.1) is 12.6 Å². The van der Waals surface area contributed by atoms with Gasteiger partial charge in [-0.1, -0.05) is 19.9 Å². The van der Waals surface area contributed by atoms with Crippen molar-refractivity contribution in [3.63, 3.8) is 0 Å². The van der Waals surface area contributed by atoms with Crippen LogP contribution in [0.4, 0.5) is 0 Å². The number of aliphatic carboxylic acids is 1. The normalized spacial score (nSPS) is 21.5. The molecule has 1 heterocycles. The minimum Gasteiger partial charge on any atom is -0.478 e. The van der Waals surface area contributed by atoms with Crippen LogP contribution in [0.2, 0.25) is 0 Å². The lowest BCUT2D eigenvalue weighted by Crippen LogP contribution is -2.52. The maximum Gasteiger partial charge on any atom is 0.331 e. The fourth-order valence-electron chi connectivity index (χ4n) is 3.10. The Morgan fingerprint density at radius 1 is 1.38 bits per heavy atom. The summed E-state index contributed by atoms with van der Waals surface area (Å²) in [4.78, 5) is 39.6. The topological polar surface area (TPSA) is 90.0 Å². The lowest BCUT2D eigenvalue weighted by molar-refractivity contribution is -0.135. The number of hydrogen-bond acceptors (Lipinski definition) is 5. The number of nitrogens with one attached hydrogen (secondary N) is 1. The molecular formula is C18H31N3O4S. The quantitative estimate of drug-likeness (QED) is 0.644. The minimum atomic E-state index is -1.01. The molecule has 1 saturated heterocycles. The van der Waals surface area contributed by atoms with Crippen molar-refractivity contribution < 1.29 is 19.5 Å². The molecule has 0 radical (unpaired) electrons. The third-order valence-electron chi connectivity index (χ3n) is 4.68. The van der Waals surface area contributed by atoms with Crippen LogP contribution in [0, 0.1) is 5.92 Å². The van der Waals surface area contributed by atoms with Crippen LogP contribution in [0.25, 0.3) is 0 Å². The molecule has 0 bridgehead atoms. The van der Waals surface area contributed by atoms with Gasteiger partial charge in [-0.2, -0.15) is 0 Å². The van der Waals surface area contributed by atoms with E-state index in [4.69, 9.17) is 5.11 Å². The molecule has 1 aliphatic rings. The monoisotopic (exact) mass is 385 g/mol. The summed E-state index contributed by atoms with van der Waals surface area (Å²) in [6.45, 7) is 9.29. The highest BCUT2D eigenvalue weighted by Crippen LogP contribution is 2.38. The van der Waals surface area contributed by atoms with Crippen molar-refractivity contribution in [2.45, 2.75) is 51.4 Å². The second kappa shape index (κ2) is 8.90. The van der Waals surface area contributed by atoms with Crippen molar-refractivity contribution >= 4 is 29.5 Å². The summed E-state index contributed by atoms with van der Waals surface area (Å²) in [5.74, 6) is -0.604. The van der Waals surface area contributed by atoms with Gasteiger partial charge in [0.2, 0.25) is 11.8 Å². The van der Waals surface area contributed by atoms with E-state index >= 15 is 0 Å². The third-order valence-corrected chi connectivity index (χ3v) is 6.19. The number of thioether (sulfide) groups is 1. The largest absolute Gasteiger partial charge is 0.478 e. The molecule has 1 fully saturated rings. The first-order valence-electron chi connectivity index (χ1n) is 8.67. The number of hydrogen-bond donors (Lipinski definition) is 2. The SMILES string of the molecule is C/C(=C\[C@H](C(C)C)N(C)C(=O)CNC(=O)C1N(C)CSC1(C)C)C(=O)O. The molecule has 2 atom stereocenters. The Bertz CT molecular complexity index is 589. The van der Waals surface area contributed by atoms with Gasteiger partial charge in [0.15, 0.2) is 0 Å². The van der Waals surface area contributed by atoms with E-state index < -0.39 is 5.97 Å². The van der Waals surface area contributed by atoms with Gasteiger partial charge < -0.3 is 15.3 Å². The Balaban J connectivity index is 2.75. The number of amides is 2. The van der Waals surface area contributed by atoms with Crippen LogP contribution in [0.5, 0.6) is 0 Å². The number of carbonyl (C=O) groups excluding carboxylic acids is 2. The van der Waals surface area contributed by atoms with Gasteiger partial charge in [-0.3, -0.25) is 14.5 Å². The Kier molecular flexibility index (Phi) is 7.70. The Hall–Kier alpha value is -1.54. The minimum absolute atomic E-state index is 0.0465. The van der Waals surface area contributed by atoms with Gasteiger partial charge in [0.1, 0.15) is 6.04 Å². The van der Waals surface area contributed by atoms with E-state index in [1.807, 2.05) is 39.6 Å². The van der Waals surface area contributed by atoms with Crippen molar-refractivity contribution in [3.8, 4) is 0 Å². The number of carboxylic acid groups (broad SMARTS) is 1. The van der Waals surface area contributed by atoms with Crippen LogP contribution < -0.4 is 5.32 Å². The van der Waals surface area contributed by atoms with E-state index in [9.17, 15) is 14.4 Å². The van der Waals surface area contributed by atoms with Gasteiger partial charge in [-0.25, -0.2) is 4.79 Å². The molecule has 0 aromatic heterocycles. The maximum absolute atomic E-state index is 12.5. The van der Waals surface area contributed by atoms with Gasteiger partial charge in [0, 0.05) is 23.2 Å². The summed E-state index contributed by atoms with van der Waals surface area (Å²) < 4.78 is -0.213. The van der Waals surface area contributed by atoms with Gasteiger partial charge in [0.25, 0.3) is 0 Å². The summed E-state index contributed by atoms with van der Waals surface area (Å²) in [5, 5.41) is 11.8. The van der Waals surface area contributed by atoms with E-state index in [0.717, 1.165) is 5.88 Å². The van der Waals surface area contributed by atoms with E-state index in [-0.39, 0.29) is 46.7 Å². The average molecular weight is 386 g/mol. The van der Waals surface area contributed by atoms with Gasteiger partial charge in [-0.05, 0) is 33.7 Å². The van der Waals surface area contributed by atoms with Crippen LogP contribution in [-0.4, -0.2) is 76.0 Å². The highest BCUT2D eigenvalue weighted by atomic mass is 32.2. The molecule has 0 aliphatic carbocycles. The van der Waals surface area contributed by atoms with E-state index in [0.29, 0.717) is 0 Å². The van der Waals surface area contributed by atoms with Crippen LogP contribution in [0.1, 0.15) is 34.6 Å². The van der Waals surface area contributed by atoms with Crippen LogP contribution in [0.3, 0.4) is 0 Å². The lowest BCUT2D eigenvalue weighted by Gasteiger charge is -2.31. The number of likely N-dealkylation sites (N-methyl/N-ethyl adjacent to an activating group) is 2. The molecule has 1 rings (SSSR count). The molecule has 1 unspecified atom stereocenters. The molecule has 2 amide bonds. The Labute approximate surface area is 160 Å². The maximum atomic E-state index is 12.5. The summed E-state index contributed by atoms with van der Waals surface area (Å²) in [6.07, 6.45) is 1.58. The smallest absolute Gasteiger partial charge is 0.331 e. The molecule has 26 heavy (non-hydrogen) atoms. The highest BCUT2D eigenvalue weighted by molar-refractivity contribution is 8.00. The number of nitrogens with zero attached hydrogens (tertiary/aromatic N) is 2. The average Bonchev–Trinajstić information content (AvgIpc) is 2.81. The predicted octanol–water partition coefficient (Wildman–Crippen LogP) is 1.40. The van der Waals surface area contributed by atoms with Crippen molar-refractivity contribution in [1.29, 1.82) is 0 Å². The fraction of sp³-hybridized carbons (Fsp3) is 0.722. The summed E-state index contributed by atoms with van der Waals surface area (Å²) in [7, 11) is 3.53. The molecule has 0 spiro atoms. The fourth-order valence-corrected chi connectivity index (χ4v) is 4.23. The first-order valence-corrected chi connectivity index (χ1v) is 9.66. The summed E-state index contributed by atoms with van der Waals surface area (Å²) in [5.41, 5.74) is 0.193. The first kappa shape index (κ1) is 22.5. The summed E-state index contributed by atoms with van der Waals surface area (Å²) >= 11 is 1.71. The zero-order valence-corrected chi connectivity index (χ0v) is 17.5. The van der Waals surface area contributed by atoms with E-state index in [1.165, 1.54) is 11.8 Å². The second-order valence-corrected chi connectivity index (χ2v) is 9.25. The van der Waals surface area contributed by atoms with Crippen LogP contribution >= 0.6 is 11.8 Å². The van der Waals surface area contributed by atoms with E-state index in [1.54, 1.807) is 24.9 Å². The molecule has 7 nitrogen and oxygen atoms in total. The number of carboxylic acids is 1. The Morgan fingerprint density at radius 2 is 1.96 bits per heavy atom. The lowest BCUT2D eigenvalue weighted by atomic mass is 10.00. The van der Waals surface area contributed by atoms with Crippen molar-refractivity contribution in [2.75, 3.05) is 26.5 Å². The van der Waals surface area contributed by atoms with Crippen molar-refractivity contribution in [3.05, 3.63) is 11.6 Å². The molecule has 0 saturated carbocycles. The van der Waals surface area contributed by atoms with Crippen LogP contribution in [0.15, 0.2) is 11.6 Å². The molecule has 0 aromatic carbocycles. The number of rotatable bonds is 7. The molecule has 0 aromatic rings. The first-order chi connectivity index (χ1) is 11.9. The van der Waals surface area contributed by atoms with Gasteiger partial charge >= 0.3 is 5.97 Å². The zero-order chi connectivity index (χ0) is 20.2. The van der Waals surface area contributed by atoms with Gasteiger partial charge in [-0.15, -0.1) is 11.8 Å². The molecular weight excluding hydrogens is 354 g/mol. The highest BCUT2D eigenvalue weighted by Gasteiger charge is 2.44. The zero-order valence-electron chi connectivity index (χ0n) is 16.7. The second-order valence-electron chi connectivity index (χ2n) is 7.65. The Morgan fingerprint density at radius 3 is 2.38 bits per heavy atom. The summed E-state index contributed by atoms with van der Waals surface area (Å²) in [6, 6.07) is -0.641. The van der Waals surface area contributed by atoms with Crippen LogP contribution in [-0.2, 0) is 14.4 Å². The standard InChI is InChI=1S/C18H31N3O4S/c1-11(2)13(8-12(3)17(24)25)21(7)14(22)9-19-16(23)15-18(4,5)26-10-20(15)6/h8,11,13,15H,9-10H2,1-7H3,(H,19,23)(H,24,25)/b12-8+/t13-,15?/m1/s1. The van der Waals surface area contributed by atoms with E-state index in [2.05, 4.69) is 5.32 Å². The molecule has 8 heteroatoms. The van der Waals surface area contributed by atoms with Crippen molar-refractivity contribution in [2.24, 2.45) is 5.92 Å². The number of carbonyl (C=O) groups is 3.